The van der Waals surface area contributed by atoms with Gasteiger partial charge in [0.25, 0.3) is 0 Å². The highest BCUT2D eigenvalue weighted by Crippen LogP contribution is 2.29. The third-order valence-electron chi connectivity index (χ3n) is 2.59. The van der Waals surface area contributed by atoms with Crippen LogP contribution >= 0.6 is 0 Å². The Morgan fingerprint density at radius 3 is 2.50 bits per heavy atom. The topological polar surface area (TPSA) is 52.0 Å². The summed E-state index contributed by atoms with van der Waals surface area (Å²) in [5, 5.41) is 0. The maximum absolute atomic E-state index is 13.6. The first kappa shape index (κ1) is 10.7. The summed E-state index contributed by atoms with van der Waals surface area (Å²) < 4.78 is 32.5. The molecule has 3 nitrogen and oxygen atoms in total. The monoisotopic (exact) mass is 246 g/mol. The summed E-state index contributed by atoms with van der Waals surface area (Å²) in [5.41, 5.74) is 6.74. The van der Waals surface area contributed by atoms with Crippen molar-refractivity contribution in [3.05, 3.63) is 48.0 Å². The van der Waals surface area contributed by atoms with Gasteiger partial charge in [0.2, 0.25) is 5.89 Å². The average Bonchev–Trinajstić information content (AvgIpc) is 2.71. The van der Waals surface area contributed by atoms with Crippen molar-refractivity contribution in [3.63, 3.8) is 0 Å². The van der Waals surface area contributed by atoms with Crippen molar-refractivity contribution in [2.45, 2.75) is 0 Å². The minimum atomic E-state index is -0.713. The van der Waals surface area contributed by atoms with Gasteiger partial charge in [-0.3, -0.25) is 0 Å². The van der Waals surface area contributed by atoms with Gasteiger partial charge in [-0.15, -0.1) is 0 Å². The van der Waals surface area contributed by atoms with Crippen LogP contribution in [0.4, 0.5) is 14.5 Å². The summed E-state index contributed by atoms with van der Waals surface area (Å²) in [7, 11) is 0. The van der Waals surface area contributed by atoms with E-state index < -0.39 is 11.6 Å². The summed E-state index contributed by atoms with van der Waals surface area (Å²) >= 11 is 0. The number of rotatable bonds is 1. The van der Waals surface area contributed by atoms with Gasteiger partial charge < -0.3 is 10.2 Å². The lowest BCUT2D eigenvalue weighted by atomic mass is 10.2. The summed E-state index contributed by atoms with van der Waals surface area (Å²) in [6.07, 6.45) is 0. The predicted molar refractivity (Wildman–Crippen MR) is 63.8 cm³/mol. The fraction of sp³-hybridized carbons (Fsp3) is 0. The Labute approximate surface area is 101 Å². The van der Waals surface area contributed by atoms with Gasteiger partial charge in [-0.2, -0.15) is 0 Å². The summed E-state index contributed by atoms with van der Waals surface area (Å²) in [5.74, 6) is -1.52. The van der Waals surface area contributed by atoms with E-state index in [1.807, 2.05) is 0 Å². The molecule has 18 heavy (non-hydrogen) atoms. The van der Waals surface area contributed by atoms with Gasteiger partial charge in [-0.25, -0.2) is 13.8 Å². The van der Waals surface area contributed by atoms with E-state index in [9.17, 15) is 8.78 Å². The van der Waals surface area contributed by atoms with Crippen molar-refractivity contribution in [2.24, 2.45) is 0 Å². The minimum Gasteiger partial charge on any atom is -0.436 e. The molecule has 2 N–H and O–H groups in total. The molecule has 1 aromatic heterocycles. The van der Waals surface area contributed by atoms with Crippen molar-refractivity contribution >= 4 is 16.8 Å². The molecule has 0 unspecified atom stereocenters. The maximum atomic E-state index is 13.6. The zero-order valence-corrected chi connectivity index (χ0v) is 9.15. The Balaban J connectivity index is 2.26. The quantitative estimate of drug-likeness (QED) is 0.670. The van der Waals surface area contributed by atoms with E-state index in [4.69, 9.17) is 10.2 Å². The number of oxazole rings is 1. The highest BCUT2D eigenvalue weighted by Gasteiger charge is 2.17. The van der Waals surface area contributed by atoms with Crippen molar-refractivity contribution in [1.29, 1.82) is 0 Å². The van der Waals surface area contributed by atoms with E-state index in [0.717, 1.165) is 12.1 Å². The molecule has 0 aliphatic rings. The summed E-state index contributed by atoms with van der Waals surface area (Å²) in [6, 6.07) is 8.42. The van der Waals surface area contributed by atoms with Crippen LogP contribution < -0.4 is 5.73 Å². The Morgan fingerprint density at radius 2 is 1.78 bits per heavy atom. The number of hydrogen-bond donors (Lipinski definition) is 1. The molecule has 0 saturated carbocycles. The van der Waals surface area contributed by atoms with Crippen molar-refractivity contribution in [2.75, 3.05) is 5.73 Å². The highest BCUT2D eigenvalue weighted by molar-refractivity contribution is 5.79. The van der Waals surface area contributed by atoms with Gasteiger partial charge >= 0.3 is 0 Å². The number of hydrogen-bond acceptors (Lipinski definition) is 3. The molecule has 0 spiro atoms. The smallest absolute Gasteiger partial charge is 0.233 e. The molecule has 90 valence electrons. The second-order valence-electron chi connectivity index (χ2n) is 3.84. The number of nitrogens with two attached hydrogens (primary N) is 1. The maximum Gasteiger partial charge on any atom is 0.233 e. The first-order valence-electron chi connectivity index (χ1n) is 5.25. The molecular formula is C13H8F2N2O. The average molecular weight is 246 g/mol. The molecule has 3 rings (SSSR count). The van der Waals surface area contributed by atoms with Crippen LogP contribution in [0.5, 0.6) is 0 Å². The van der Waals surface area contributed by atoms with Gasteiger partial charge in [0, 0.05) is 5.69 Å². The number of nitrogens with zero attached hydrogens (tertiary/aromatic N) is 1. The van der Waals surface area contributed by atoms with Crippen molar-refractivity contribution in [3.8, 4) is 11.5 Å². The molecule has 0 amide bonds. The van der Waals surface area contributed by atoms with Crippen LogP contribution in [0.3, 0.4) is 0 Å². The van der Waals surface area contributed by atoms with Gasteiger partial charge in [-0.1, -0.05) is 6.07 Å². The number of aromatic nitrogens is 1. The number of fused-ring (bicyclic) bond motifs is 1. The van der Waals surface area contributed by atoms with Crippen molar-refractivity contribution < 1.29 is 13.2 Å². The Morgan fingerprint density at radius 1 is 1.06 bits per heavy atom. The third kappa shape index (κ3) is 1.60. The van der Waals surface area contributed by atoms with E-state index in [2.05, 4.69) is 4.98 Å². The van der Waals surface area contributed by atoms with Crippen LogP contribution in [-0.4, -0.2) is 4.98 Å². The molecule has 3 aromatic rings. The number of nitrogen functional groups attached to an aromatic ring is 1. The fourth-order valence-electron chi connectivity index (χ4n) is 1.75. The lowest BCUT2D eigenvalue weighted by molar-refractivity contribution is 0.561. The molecular weight excluding hydrogens is 238 g/mol. The Bertz CT molecular complexity index is 717. The Kier molecular flexibility index (Phi) is 2.26. The molecule has 0 aliphatic heterocycles. The van der Waals surface area contributed by atoms with E-state index in [-0.39, 0.29) is 11.5 Å². The third-order valence-corrected chi connectivity index (χ3v) is 2.59. The second kappa shape index (κ2) is 3.80. The fourth-order valence-corrected chi connectivity index (χ4v) is 1.75. The van der Waals surface area contributed by atoms with Gasteiger partial charge in [0.15, 0.2) is 5.58 Å². The summed E-state index contributed by atoms with van der Waals surface area (Å²) in [6.45, 7) is 0. The largest absolute Gasteiger partial charge is 0.436 e. The molecule has 2 aromatic carbocycles. The standard InChI is InChI=1S/C13H8F2N2O/c14-8-2-1-3-9(15)12(8)13-17-10-6-7(16)4-5-11(10)18-13/h1-6H,16H2. The summed E-state index contributed by atoms with van der Waals surface area (Å²) in [4.78, 5) is 4.04. The van der Waals surface area contributed by atoms with E-state index in [1.165, 1.54) is 6.07 Å². The van der Waals surface area contributed by atoms with Crippen molar-refractivity contribution in [1.82, 2.24) is 4.98 Å². The molecule has 0 fully saturated rings. The number of halogens is 2. The lowest BCUT2D eigenvalue weighted by Crippen LogP contribution is -1.89. The predicted octanol–water partition coefficient (Wildman–Crippen LogP) is 3.36. The number of benzene rings is 2. The van der Waals surface area contributed by atoms with Crippen LogP contribution in [0.15, 0.2) is 40.8 Å². The highest BCUT2D eigenvalue weighted by atomic mass is 19.1. The lowest BCUT2D eigenvalue weighted by Gasteiger charge is -1.98. The van der Waals surface area contributed by atoms with Crippen LogP contribution in [0.2, 0.25) is 0 Å². The van der Waals surface area contributed by atoms with Gasteiger partial charge in [0.05, 0.1) is 0 Å². The van der Waals surface area contributed by atoms with Crippen LogP contribution in [0.1, 0.15) is 0 Å². The second-order valence-corrected chi connectivity index (χ2v) is 3.84. The first-order valence-corrected chi connectivity index (χ1v) is 5.25. The van der Waals surface area contributed by atoms with E-state index >= 15 is 0 Å². The first-order chi connectivity index (χ1) is 8.65. The van der Waals surface area contributed by atoms with Gasteiger partial charge in [-0.05, 0) is 30.3 Å². The zero-order valence-electron chi connectivity index (χ0n) is 9.15. The normalized spacial score (nSPS) is 11.0. The van der Waals surface area contributed by atoms with Crippen LogP contribution in [-0.2, 0) is 0 Å². The van der Waals surface area contributed by atoms with E-state index in [1.54, 1.807) is 18.2 Å². The zero-order chi connectivity index (χ0) is 12.7. The number of anilines is 1. The van der Waals surface area contributed by atoms with Crippen LogP contribution in [0.25, 0.3) is 22.6 Å². The minimum absolute atomic E-state index is 0.0915. The SMILES string of the molecule is Nc1ccc2oc(-c3c(F)cccc3F)nc2c1. The van der Waals surface area contributed by atoms with E-state index in [0.29, 0.717) is 16.8 Å². The molecule has 1 heterocycles. The van der Waals surface area contributed by atoms with Gasteiger partial charge in [0.1, 0.15) is 22.7 Å². The van der Waals surface area contributed by atoms with Crippen LogP contribution in [0, 0.1) is 11.6 Å². The molecule has 0 saturated heterocycles. The Hall–Kier alpha value is -2.43. The molecule has 0 radical (unpaired) electrons. The molecule has 5 heteroatoms. The molecule has 0 aliphatic carbocycles. The molecule has 0 bridgehead atoms. The molecule has 0 atom stereocenters.